The molecule has 2 aromatic rings. The number of hydrogen-bond acceptors (Lipinski definition) is 6. The Morgan fingerprint density at radius 1 is 1.32 bits per heavy atom. The number of amides is 1. The Bertz CT molecular complexity index is 734. The fraction of sp³-hybridized carbons (Fsp3) is 0.643. The maximum absolute atomic E-state index is 12.7. The van der Waals surface area contributed by atoms with Crippen molar-refractivity contribution in [3.05, 3.63) is 16.7 Å². The summed E-state index contributed by atoms with van der Waals surface area (Å²) in [6, 6.07) is 0. The number of nitrogens with one attached hydrogen (secondary N) is 1. The van der Waals surface area contributed by atoms with E-state index in [1.54, 1.807) is 0 Å². The number of carbonyl (C=O) groups is 1. The Hall–Kier alpha value is -1.83. The molecule has 1 saturated carbocycles. The molecule has 1 N–H and O–H groups in total. The lowest BCUT2D eigenvalue weighted by Crippen LogP contribution is -2.36. The lowest BCUT2D eigenvalue weighted by Gasteiger charge is -2.22. The van der Waals surface area contributed by atoms with Gasteiger partial charge in [-0.05, 0) is 33.1 Å². The average Bonchev–Trinajstić information content (AvgIpc) is 3.09. The van der Waals surface area contributed by atoms with Gasteiger partial charge in [0.15, 0.2) is 0 Å². The fourth-order valence-electron chi connectivity index (χ4n) is 3.06. The third kappa shape index (κ3) is 1.97. The van der Waals surface area contributed by atoms with Gasteiger partial charge in [0.05, 0.1) is 0 Å². The van der Waals surface area contributed by atoms with Crippen molar-refractivity contribution in [2.45, 2.75) is 57.4 Å². The van der Waals surface area contributed by atoms with Crippen molar-refractivity contribution >= 4 is 22.4 Å². The standard InChI is InChI=1S/C14H18N6OS/c1-8-16-18-11-14(2,6-7-20(8)11)12(21)15-13-19-17-10(22-13)9-4-3-5-9/h9H,3-7H2,1-2H3,(H,15,19,21). The summed E-state index contributed by atoms with van der Waals surface area (Å²) in [5, 5.41) is 21.1. The molecule has 1 atom stereocenters. The van der Waals surface area contributed by atoms with Gasteiger partial charge in [0.2, 0.25) is 11.0 Å². The number of hydrogen-bond donors (Lipinski definition) is 1. The van der Waals surface area contributed by atoms with Crippen molar-refractivity contribution in [3.63, 3.8) is 0 Å². The molecule has 1 amide bonds. The number of carbonyl (C=O) groups excluding carboxylic acids is 1. The second-order valence-electron chi connectivity index (χ2n) is 6.33. The van der Waals surface area contributed by atoms with Crippen LogP contribution in [0.5, 0.6) is 0 Å². The zero-order valence-electron chi connectivity index (χ0n) is 12.7. The Balaban J connectivity index is 1.53. The molecule has 1 unspecified atom stereocenters. The molecule has 0 aromatic carbocycles. The van der Waals surface area contributed by atoms with Crippen molar-refractivity contribution in [2.24, 2.45) is 0 Å². The van der Waals surface area contributed by atoms with E-state index >= 15 is 0 Å². The van der Waals surface area contributed by atoms with Gasteiger partial charge in [-0.25, -0.2) is 0 Å². The molecular weight excluding hydrogens is 300 g/mol. The number of fused-ring (bicyclic) bond motifs is 1. The van der Waals surface area contributed by atoms with Gasteiger partial charge in [0.1, 0.15) is 22.1 Å². The number of nitrogens with zero attached hydrogens (tertiary/aromatic N) is 5. The van der Waals surface area contributed by atoms with Gasteiger partial charge in [0.25, 0.3) is 0 Å². The average molecular weight is 318 g/mol. The monoisotopic (exact) mass is 318 g/mol. The first-order chi connectivity index (χ1) is 10.6. The van der Waals surface area contributed by atoms with Crippen LogP contribution < -0.4 is 5.32 Å². The minimum atomic E-state index is -0.649. The van der Waals surface area contributed by atoms with E-state index in [0.717, 1.165) is 29.6 Å². The van der Waals surface area contributed by atoms with Crippen molar-refractivity contribution < 1.29 is 4.79 Å². The van der Waals surface area contributed by atoms with Gasteiger partial charge >= 0.3 is 0 Å². The Morgan fingerprint density at radius 2 is 2.14 bits per heavy atom. The molecule has 22 heavy (non-hydrogen) atoms. The molecule has 116 valence electrons. The third-order valence-corrected chi connectivity index (χ3v) is 5.88. The molecule has 0 radical (unpaired) electrons. The second kappa shape index (κ2) is 4.84. The molecule has 1 aliphatic heterocycles. The van der Waals surface area contributed by atoms with Gasteiger partial charge in [-0.3, -0.25) is 10.1 Å². The fourth-order valence-corrected chi connectivity index (χ4v) is 3.97. The molecule has 1 fully saturated rings. The first-order valence-corrected chi connectivity index (χ1v) is 8.45. The first kappa shape index (κ1) is 13.8. The van der Waals surface area contributed by atoms with Crippen LogP contribution in [-0.4, -0.2) is 30.9 Å². The van der Waals surface area contributed by atoms with Crippen LogP contribution in [0.15, 0.2) is 0 Å². The highest BCUT2D eigenvalue weighted by Crippen LogP contribution is 2.39. The van der Waals surface area contributed by atoms with Crippen molar-refractivity contribution in [2.75, 3.05) is 5.32 Å². The van der Waals surface area contributed by atoms with E-state index in [4.69, 9.17) is 0 Å². The lowest BCUT2D eigenvalue weighted by molar-refractivity contribution is -0.121. The summed E-state index contributed by atoms with van der Waals surface area (Å²) in [5.74, 6) is 2.06. The zero-order chi connectivity index (χ0) is 15.3. The molecule has 0 spiro atoms. The van der Waals surface area contributed by atoms with E-state index in [1.807, 2.05) is 18.4 Å². The van der Waals surface area contributed by atoms with Crippen molar-refractivity contribution in [1.82, 2.24) is 25.0 Å². The Morgan fingerprint density at radius 3 is 2.86 bits per heavy atom. The minimum absolute atomic E-state index is 0.0741. The molecule has 0 saturated heterocycles. The highest BCUT2D eigenvalue weighted by atomic mass is 32.1. The first-order valence-electron chi connectivity index (χ1n) is 7.63. The van der Waals surface area contributed by atoms with E-state index in [1.165, 1.54) is 30.6 Å². The lowest BCUT2D eigenvalue weighted by atomic mass is 9.86. The van der Waals surface area contributed by atoms with Crippen molar-refractivity contribution in [1.29, 1.82) is 0 Å². The van der Waals surface area contributed by atoms with Crippen LogP contribution in [-0.2, 0) is 16.8 Å². The number of aromatic nitrogens is 5. The van der Waals surface area contributed by atoms with E-state index in [9.17, 15) is 4.79 Å². The molecule has 4 rings (SSSR count). The van der Waals surface area contributed by atoms with Crippen LogP contribution in [0.25, 0.3) is 0 Å². The summed E-state index contributed by atoms with van der Waals surface area (Å²) in [6.45, 7) is 4.61. The van der Waals surface area contributed by atoms with Crippen LogP contribution in [0.3, 0.4) is 0 Å². The molecule has 7 nitrogen and oxygen atoms in total. The molecule has 2 aliphatic rings. The SMILES string of the molecule is Cc1nnc2n1CCC2(C)C(=O)Nc1nnc(C2CCC2)s1. The van der Waals surface area contributed by atoms with Crippen molar-refractivity contribution in [3.8, 4) is 0 Å². The molecule has 2 aromatic heterocycles. The number of rotatable bonds is 3. The van der Waals surface area contributed by atoms with E-state index in [-0.39, 0.29) is 5.91 Å². The van der Waals surface area contributed by atoms with E-state index in [0.29, 0.717) is 11.0 Å². The van der Waals surface area contributed by atoms with Crippen LogP contribution >= 0.6 is 11.3 Å². The highest BCUT2D eigenvalue weighted by molar-refractivity contribution is 7.15. The smallest absolute Gasteiger partial charge is 0.239 e. The Kier molecular flexibility index (Phi) is 3.04. The van der Waals surface area contributed by atoms with Gasteiger partial charge in [-0.15, -0.1) is 20.4 Å². The normalized spacial score (nSPS) is 24.1. The summed E-state index contributed by atoms with van der Waals surface area (Å²) in [7, 11) is 0. The van der Waals surface area contributed by atoms with Gasteiger partial charge < -0.3 is 4.57 Å². The highest BCUT2D eigenvalue weighted by Gasteiger charge is 2.44. The maximum atomic E-state index is 12.7. The van der Waals surface area contributed by atoms with Crippen LogP contribution in [0.2, 0.25) is 0 Å². The molecular formula is C14H18N6OS. The minimum Gasteiger partial charge on any atom is -0.314 e. The Labute approximate surface area is 132 Å². The number of anilines is 1. The predicted octanol–water partition coefficient (Wildman–Crippen LogP) is 2.01. The molecule has 3 heterocycles. The van der Waals surface area contributed by atoms with Gasteiger partial charge in [-0.1, -0.05) is 17.8 Å². The molecule has 8 heteroatoms. The summed E-state index contributed by atoms with van der Waals surface area (Å²) in [6.07, 6.45) is 4.36. The topological polar surface area (TPSA) is 85.6 Å². The third-order valence-electron chi connectivity index (χ3n) is 4.88. The quantitative estimate of drug-likeness (QED) is 0.935. The van der Waals surface area contributed by atoms with E-state index < -0.39 is 5.41 Å². The summed E-state index contributed by atoms with van der Waals surface area (Å²) >= 11 is 1.49. The van der Waals surface area contributed by atoms with Crippen LogP contribution in [0.1, 0.15) is 55.2 Å². The van der Waals surface area contributed by atoms with Gasteiger partial charge in [0, 0.05) is 12.5 Å². The largest absolute Gasteiger partial charge is 0.314 e. The van der Waals surface area contributed by atoms with E-state index in [2.05, 4.69) is 25.7 Å². The predicted molar refractivity (Wildman–Crippen MR) is 81.9 cm³/mol. The van der Waals surface area contributed by atoms with Crippen LogP contribution in [0, 0.1) is 6.92 Å². The summed E-state index contributed by atoms with van der Waals surface area (Å²) < 4.78 is 2.01. The summed E-state index contributed by atoms with van der Waals surface area (Å²) in [4.78, 5) is 12.7. The zero-order valence-corrected chi connectivity index (χ0v) is 13.5. The molecule has 1 aliphatic carbocycles. The maximum Gasteiger partial charge on any atom is 0.239 e. The molecule has 0 bridgehead atoms. The summed E-state index contributed by atoms with van der Waals surface area (Å²) in [5.41, 5.74) is -0.649. The second-order valence-corrected chi connectivity index (χ2v) is 7.34. The number of aryl methyl sites for hydroxylation is 1. The van der Waals surface area contributed by atoms with Gasteiger partial charge in [-0.2, -0.15) is 0 Å². The van der Waals surface area contributed by atoms with Crippen LogP contribution in [0.4, 0.5) is 5.13 Å².